The van der Waals surface area contributed by atoms with E-state index in [1.54, 1.807) is 33.3 Å². The van der Waals surface area contributed by atoms with Gasteiger partial charge < -0.3 is 24.0 Å². The van der Waals surface area contributed by atoms with Crippen molar-refractivity contribution >= 4 is 39.1 Å². The maximum Gasteiger partial charge on any atom is 0.254 e. The summed E-state index contributed by atoms with van der Waals surface area (Å²) in [5, 5.41) is 2.00. The van der Waals surface area contributed by atoms with Crippen molar-refractivity contribution in [2.75, 3.05) is 26.5 Å². The molecule has 36 heavy (non-hydrogen) atoms. The van der Waals surface area contributed by atoms with Crippen LogP contribution >= 0.6 is 27.3 Å². The molecule has 0 bridgehead atoms. The number of thiophene rings is 1. The number of amides is 2. The first-order valence-corrected chi connectivity index (χ1v) is 13.6. The summed E-state index contributed by atoms with van der Waals surface area (Å²) < 4.78 is 17.6. The van der Waals surface area contributed by atoms with Gasteiger partial charge in [-0.25, -0.2) is 0 Å². The monoisotopic (exact) mass is 570 g/mol. The maximum absolute atomic E-state index is 13.7. The number of carbonyl (C=O) groups excluding carboxylic acids is 2. The summed E-state index contributed by atoms with van der Waals surface area (Å²) in [4.78, 5) is 31.7. The predicted molar refractivity (Wildman–Crippen MR) is 140 cm³/mol. The van der Waals surface area contributed by atoms with Gasteiger partial charge in [-0.3, -0.25) is 9.59 Å². The standard InChI is InChI=1S/C27H27BrN2O5S/c28-21-8-6-20(7-9-21)27(32)30(15-22-3-1-11-33-22)17-26(31)29(16-23-4-2-12-36-23)14-19-5-10-24-25(13-19)35-18-34-24/h2,4-10,12-13,22H,1,3,11,14-18H2. The second-order valence-electron chi connectivity index (χ2n) is 8.84. The van der Waals surface area contributed by atoms with Crippen molar-refractivity contribution in [3.8, 4) is 11.5 Å². The fourth-order valence-corrected chi connectivity index (χ4v) is 5.36. The molecule has 2 aliphatic heterocycles. The van der Waals surface area contributed by atoms with E-state index >= 15 is 0 Å². The molecule has 1 unspecified atom stereocenters. The summed E-state index contributed by atoms with van der Waals surface area (Å²) in [7, 11) is 0. The van der Waals surface area contributed by atoms with E-state index in [2.05, 4.69) is 15.9 Å². The van der Waals surface area contributed by atoms with Crippen molar-refractivity contribution in [2.24, 2.45) is 0 Å². The Morgan fingerprint density at radius 3 is 2.58 bits per heavy atom. The van der Waals surface area contributed by atoms with Crippen LogP contribution in [0.1, 0.15) is 33.6 Å². The molecule has 1 fully saturated rings. The van der Waals surface area contributed by atoms with E-state index in [0.29, 0.717) is 43.3 Å². The minimum Gasteiger partial charge on any atom is -0.454 e. The van der Waals surface area contributed by atoms with Crippen LogP contribution in [0.4, 0.5) is 0 Å². The molecule has 1 saturated heterocycles. The zero-order chi connectivity index (χ0) is 24.9. The molecule has 1 atom stereocenters. The number of benzene rings is 2. The Morgan fingerprint density at radius 1 is 1.00 bits per heavy atom. The molecule has 3 heterocycles. The molecule has 7 nitrogen and oxygen atoms in total. The number of hydrogen-bond acceptors (Lipinski definition) is 6. The number of halogens is 1. The highest BCUT2D eigenvalue weighted by atomic mass is 79.9. The lowest BCUT2D eigenvalue weighted by atomic mass is 10.1. The van der Waals surface area contributed by atoms with Gasteiger partial charge in [-0.2, -0.15) is 0 Å². The quantitative estimate of drug-likeness (QED) is 0.358. The molecular formula is C27H27BrN2O5S. The van der Waals surface area contributed by atoms with Crippen LogP contribution in [-0.2, 0) is 22.6 Å². The third kappa shape index (κ3) is 6.08. The smallest absolute Gasteiger partial charge is 0.254 e. The topological polar surface area (TPSA) is 68.3 Å². The molecule has 0 N–H and O–H groups in total. The van der Waals surface area contributed by atoms with Gasteiger partial charge in [-0.05, 0) is 66.2 Å². The summed E-state index contributed by atoms with van der Waals surface area (Å²) in [5.74, 6) is 1.09. The van der Waals surface area contributed by atoms with Crippen molar-refractivity contribution in [3.05, 3.63) is 80.5 Å². The van der Waals surface area contributed by atoms with Crippen LogP contribution in [0, 0.1) is 0 Å². The third-order valence-corrected chi connectivity index (χ3v) is 7.63. The molecular weight excluding hydrogens is 544 g/mol. The van der Waals surface area contributed by atoms with E-state index in [1.165, 1.54) is 0 Å². The third-order valence-electron chi connectivity index (χ3n) is 6.24. The highest BCUT2D eigenvalue weighted by Gasteiger charge is 2.27. The van der Waals surface area contributed by atoms with E-state index in [-0.39, 0.29) is 31.3 Å². The van der Waals surface area contributed by atoms with Crippen molar-refractivity contribution in [1.82, 2.24) is 9.80 Å². The van der Waals surface area contributed by atoms with Gasteiger partial charge in [0.05, 0.1) is 12.6 Å². The number of ether oxygens (including phenoxy) is 3. The van der Waals surface area contributed by atoms with Gasteiger partial charge >= 0.3 is 0 Å². The van der Waals surface area contributed by atoms with Crippen LogP contribution in [0.15, 0.2) is 64.5 Å². The summed E-state index contributed by atoms with van der Waals surface area (Å²) in [6.45, 7) is 2.11. The minimum atomic E-state index is -0.175. The normalized spacial score (nSPS) is 16.2. The number of hydrogen-bond donors (Lipinski definition) is 0. The summed E-state index contributed by atoms with van der Waals surface area (Å²) in [6, 6.07) is 16.9. The molecule has 2 amide bonds. The van der Waals surface area contributed by atoms with E-state index in [9.17, 15) is 9.59 Å². The molecule has 3 aromatic rings. The number of carbonyl (C=O) groups is 2. The Balaban J connectivity index is 1.36. The van der Waals surface area contributed by atoms with E-state index < -0.39 is 0 Å². The first kappa shape index (κ1) is 24.8. The number of fused-ring (bicyclic) bond motifs is 1. The molecule has 0 aliphatic carbocycles. The zero-order valence-electron chi connectivity index (χ0n) is 19.7. The van der Waals surface area contributed by atoms with Crippen LogP contribution in [-0.4, -0.2) is 54.2 Å². The molecule has 2 aromatic carbocycles. The minimum absolute atomic E-state index is 0.0231. The van der Waals surface area contributed by atoms with E-state index in [0.717, 1.165) is 27.8 Å². The SMILES string of the molecule is O=C(CN(CC1CCCO1)C(=O)c1ccc(Br)cc1)N(Cc1ccc2c(c1)OCO2)Cc1cccs1. The number of rotatable bonds is 9. The second-order valence-corrected chi connectivity index (χ2v) is 10.8. The predicted octanol–water partition coefficient (Wildman–Crippen LogP) is 5.09. The van der Waals surface area contributed by atoms with Crippen molar-refractivity contribution < 1.29 is 23.8 Å². The lowest BCUT2D eigenvalue weighted by Gasteiger charge is -2.29. The van der Waals surface area contributed by atoms with Gasteiger partial charge in [0.1, 0.15) is 6.54 Å². The maximum atomic E-state index is 13.7. The fraction of sp³-hybridized carbons (Fsp3) is 0.333. The molecule has 2 aliphatic rings. The molecule has 5 rings (SSSR count). The fourth-order valence-electron chi connectivity index (χ4n) is 4.37. The Morgan fingerprint density at radius 2 is 1.83 bits per heavy atom. The summed E-state index contributed by atoms with van der Waals surface area (Å²) in [5.41, 5.74) is 1.48. The Hall–Kier alpha value is -2.88. The molecule has 0 saturated carbocycles. The van der Waals surface area contributed by atoms with Crippen LogP contribution in [0.25, 0.3) is 0 Å². The van der Waals surface area contributed by atoms with Gasteiger partial charge in [0.2, 0.25) is 12.7 Å². The Bertz CT molecular complexity index is 1200. The number of nitrogens with zero attached hydrogens (tertiary/aromatic N) is 2. The van der Waals surface area contributed by atoms with Crippen molar-refractivity contribution in [1.29, 1.82) is 0 Å². The average molecular weight is 571 g/mol. The summed E-state index contributed by atoms with van der Waals surface area (Å²) >= 11 is 5.02. The Kier molecular flexibility index (Phi) is 7.89. The van der Waals surface area contributed by atoms with Crippen LogP contribution in [0.3, 0.4) is 0 Å². The van der Waals surface area contributed by atoms with Gasteiger partial charge in [-0.1, -0.05) is 28.1 Å². The zero-order valence-corrected chi connectivity index (χ0v) is 22.1. The van der Waals surface area contributed by atoms with Gasteiger partial charge in [0.15, 0.2) is 11.5 Å². The summed E-state index contributed by atoms with van der Waals surface area (Å²) in [6.07, 6.45) is 1.79. The second kappa shape index (κ2) is 11.5. The van der Waals surface area contributed by atoms with Crippen LogP contribution < -0.4 is 9.47 Å². The Labute approximate surface area is 222 Å². The highest BCUT2D eigenvalue weighted by molar-refractivity contribution is 9.10. The molecule has 1 aromatic heterocycles. The van der Waals surface area contributed by atoms with Crippen LogP contribution in [0.5, 0.6) is 11.5 Å². The van der Waals surface area contributed by atoms with E-state index in [1.807, 2.05) is 47.8 Å². The molecule has 0 spiro atoms. The van der Waals surface area contributed by atoms with Crippen molar-refractivity contribution in [3.63, 3.8) is 0 Å². The van der Waals surface area contributed by atoms with Crippen molar-refractivity contribution in [2.45, 2.75) is 32.0 Å². The molecule has 188 valence electrons. The van der Waals surface area contributed by atoms with E-state index in [4.69, 9.17) is 14.2 Å². The van der Waals surface area contributed by atoms with Gasteiger partial charge in [0, 0.05) is 34.6 Å². The lowest BCUT2D eigenvalue weighted by molar-refractivity contribution is -0.133. The lowest BCUT2D eigenvalue weighted by Crippen LogP contribution is -2.45. The van der Waals surface area contributed by atoms with Gasteiger partial charge in [-0.15, -0.1) is 11.3 Å². The highest BCUT2D eigenvalue weighted by Crippen LogP contribution is 2.33. The van der Waals surface area contributed by atoms with Crippen LogP contribution in [0.2, 0.25) is 0 Å². The first-order valence-electron chi connectivity index (χ1n) is 11.9. The molecule has 0 radical (unpaired) electrons. The molecule has 9 heteroatoms. The first-order chi connectivity index (χ1) is 17.5. The average Bonchev–Trinajstić information content (AvgIpc) is 3.66. The largest absolute Gasteiger partial charge is 0.454 e. The van der Waals surface area contributed by atoms with Gasteiger partial charge in [0.25, 0.3) is 5.91 Å².